The highest BCUT2D eigenvalue weighted by Crippen LogP contribution is 2.15. The molecule has 140 valence electrons. The lowest BCUT2D eigenvalue weighted by Crippen LogP contribution is -2.25. The van der Waals surface area contributed by atoms with Crippen LogP contribution in [0.15, 0.2) is 57.7 Å². The Morgan fingerprint density at radius 3 is 2.75 bits per heavy atom. The summed E-state index contributed by atoms with van der Waals surface area (Å²) in [5.41, 5.74) is 3.17. The van der Waals surface area contributed by atoms with Crippen molar-refractivity contribution in [3.8, 4) is 5.69 Å². The van der Waals surface area contributed by atoms with E-state index < -0.39 is 5.91 Å². The summed E-state index contributed by atoms with van der Waals surface area (Å²) in [7, 11) is 0. The topological polar surface area (TPSA) is 103 Å². The van der Waals surface area contributed by atoms with Crippen LogP contribution in [0.5, 0.6) is 0 Å². The van der Waals surface area contributed by atoms with E-state index in [-0.39, 0.29) is 17.7 Å². The molecule has 28 heavy (non-hydrogen) atoms. The molecule has 2 aromatic carbocycles. The minimum atomic E-state index is -0.516. The number of tetrazole rings is 1. The summed E-state index contributed by atoms with van der Waals surface area (Å²) in [5.74, 6) is -0.119. The average Bonchev–Trinajstić information content (AvgIpc) is 3.17. The smallest absolute Gasteiger partial charge is 0.287 e. The van der Waals surface area contributed by atoms with Crippen LogP contribution in [0.1, 0.15) is 27.5 Å². The summed E-state index contributed by atoms with van der Waals surface area (Å²) in [6.07, 6.45) is 0. The number of aromatic nitrogens is 4. The van der Waals surface area contributed by atoms with Crippen molar-refractivity contribution in [2.24, 2.45) is 0 Å². The van der Waals surface area contributed by atoms with Crippen molar-refractivity contribution >= 4 is 16.9 Å². The lowest BCUT2D eigenvalue weighted by Gasteiger charge is -2.08. The Bertz CT molecular complexity index is 1240. The number of nitrogens with one attached hydrogen (secondary N) is 1. The van der Waals surface area contributed by atoms with Crippen LogP contribution in [-0.4, -0.2) is 26.1 Å². The Morgan fingerprint density at radius 1 is 1.11 bits per heavy atom. The van der Waals surface area contributed by atoms with Crippen LogP contribution < -0.4 is 10.7 Å². The van der Waals surface area contributed by atoms with Crippen LogP contribution in [0.2, 0.25) is 0 Å². The second-order valence-corrected chi connectivity index (χ2v) is 6.43. The van der Waals surface area contributed by atoms with E-state index in [2.05, 4.69) is 20.8 Å². The number of carbonyl (C=O) groups excluding carboxylic acids is 1. The number of rotatable bonds is 4. The van der Waals surface area contributed by atoms with Crippen molar-refractivity contribution in [2.75, 3.05) is 0 Å². The van der Waals surface area contributed by atoms with Crippen LogP contribution in [-0.2, 0) is 6.54 Å². The zero-order valence-electron chi connectivity index (χ0n) is 15.3. The number of para-hydroxylation sites is 1. The molecule has 0 saturated heterocycles. The molecular weight excluding hydrogens is 358 g/mol. The van der Waals surface area contributed by atoms with Crippen molar-refractivity contribution in [3.63, 3.8) is 0 Å². The fourth-order valence-corrected chi connectivity index (χ4v) is 2.84. The molecule has 8 nitrogen and oxygen atoms in total. The molecule has 0 aliphatic rings. The molecule has 0 aliphatic carbocycles. The Balaban J connectivity index is 1.56. The first kappa shape index (κ1) is 17.6. The fourth-order valence-electron chi connectivity index (χ4n) is 2.84. The Hall–Kier alpha value is -3.81. The molecule has 0 fully saturated rings. The molecule has 0 bridgehead atoms. The summed E-state index contributed by atoms with van der Waals surface area (Å²) in [4.78, 5) is 24.6. The number of hydrogen-bond acceptors (Lipinski definition) is 6. The molecule has 4 rings (SSSR count). The largest absolute Gasteiger partial charge is 0.451 e. The first-order chi connectivity index (χ1) is 13.5. The quantitative estimate of drug-likeness (QED) is 0.587. The van der Waals surface area contributed by atoms with Crippen LogP contribution in [0.25, 0.3) is 16.7 Å². The van der Waals surface area contributed by atoms with E-state index in [9.17, 15) is 9.59 Å². The highest BCUT2D eigenvalue weighted by atomic mass is 16.3. The molecule has 1 N–H and O–H groups in total. The van der Waals surface area contributed by atoms with Gasteiger partial charge in [-0.05, 0) is 59.7 Å². The highest BCUT2D eigenvalue weighted by Gasteiger charge is 2.15. The highest BCUT2D eigenvalue weighted by molar-refractivity contribution is 5.93. The van der Waals surface area contributed by atoms with Crippen molar-refractivity contribution in [3.05, 3.63) is 81.5 Å². The van der Waals surface area contributed by atoms with Gasteiger partial charge in [0.2, 0.25) is 0 Å². The third-order valence-corrected chi connectivity index (χ3v) is 4.53. The summed E-state index contributed by atoms with van der Waals surface area (Å²) in [6, 6.07) is 13.8. The Kier molecular flexibility index (Phi) is 4.44. The minimum absolute atomic E-state index is 0.0612. The number of benzene rings is 2. The molecule has 2 heterocycles. The van der Waals surface area contributed by atoms with Gasteiger partial charge in [-0.3, -0.25) is 9.59 Å². The van der Waals surface area contributed by atoms with Gasteiger partial charge in [-0.25, -0.2) is 0 Å². The fraction of sp³-hybridized carbons (Fsp3) is 0.150. The average molecular weight is 375 g/mol. The maximum atomic E-state index is 12.5. The summed E-state index contributed by atoms with van der Waals surface area (Å²) >= 11 is 0. The normalized spacial score (nSPS) is 10.9. The maximum absolute atomic E-state index is 12.5. The number of aryl methyl sites for hydroxylation is 2. The SMILES string of the molecule is Cc1ccc(-n2nnnc2CNC(=O)c2cc(=O)c3ccccc3o2)cc1C. The molecule has 0 atom stereocenters. The first-order valence-electron chi connectivity index (χ1n) is 8.69. The number of carbonyl (C=O) groups is 1. The molecule has 0 aliphatic heterocycles. The molecule has 0 radical (unpaired) electrons. The van der Waals surface area contributed by atoms with Gasteiger partial charge in [-0.1, -0.05) is 18.2 Å². The zero-order chi connectivity index (χ0) is 19.7. The number of nitrogens with zero attached hydrogens (tertiary/aromatic N) is 4. The van der Waals surface area contributed by atoms with Gasteiger partial charge < -0.3 is 9.73 Å². The lowest BCUT2D eigenvalue weighted by atomic mass is 10.1. The Morgan fingerprint density at radius 2 is 1.93 bits per heavy atom. The van der Waals surface area contributed by atoms with E-state index in [0.717, 1.165) is 16.8 Å². The van der Waals surface area contributed by atoms with Crippen LogP contribution in [0.3, 0.4) is 0 Å². The molecule has 1 amide bonds. The maximum Gasteiger partial charge on any atom is 0.287 e. The van der Waals surface area contributed by atoms with Gasteiger partial charge in [0.05, 0.1) is 17.6 Å². The number of amides is 1. The van der Waals surface area contributed by atoms with Crippen molar-refractivity contribution in [1.82, 2.24) is 25.5 Å². The molecule has 0 spiro atoms. The predicted octanol–water partition coefficient (Wildman–Crippen LogP) is 2.32. The first-order valence-corrected chi connectivity index (χ1v) is 8.69. The monoisotopic (exact) mass is 375 g/mol. The van der Waals surface area contributed by atoms with Gasteiger partial charge in [0, 0.05) is 6.07 Å². The van der Waals surface area contributed by atoms with Gasteiger partial charge >= 0.3 is 0 Å². The van der Waals surface area contributed by atoms with Gasteiger partial charge in [-0.2, -0.15) is 4.68 Å². The molecule has 0 saturated carbocycles. The van der Waals surface area contributed by atoms with E-state index >= 15 is 0 Å². The van der Waals surface area contributed by atoms with E-state index in [4.69, 9.17) is 4.42 Å². The van der Waals surface area contributed by atoms with E-state index in [1.807, 2.05) is 32.0 Å². The summed E-state index contributed by atoms with van der Waals surface area (Å²) < 4.78 is 7.11. The van der Waals surface area contributed by atoms with Gasteiger partial charge in [0.25, 0.3) is 5.91 Å². The van der Waals surface area contributed by atoms with Crippen molar-refractivity contribution < 1.29 is 9.21 Å². The second-order valence-electron chi connectivity index (χ2n) is 6.43. The summed E-state index contributed by atoms with van der Waals surface area (Å²) in [6.45, 7) is 4.11. The Labute approximate surface area is 159 Å². The van der Waals surface area contributed by atoms with Crippen LogP contribution >= 0.6 is 0 Å². The van der Waals surface area contributed by atoms with Crippen LogP contribution in [0.4, 0.5) is 0 Å². The third kappa shape index (κ3) is 3.27. The zero-order valence-corrected chi connectivity index (χ0v) is 15.3. The van der Waals surface area contributed by atoms with Gasteiger partial charge in [0.1, 0.15) is 5.58 Å². The van der Waals surface area contributed by atoms with E-state index in [0.29, 0.717) is 16.8 Å². The molecular formula is C20H17N5O3. The number of hydrogen-bond donors (Lipinski definition) is 1. The summed E-state index contributed by atoms with van der Waals surface area (Å²) in [5, 5.41) is 14.8. The van der Waals surface area contributed by atoms with E-state index in [1.54, 1.807) is 28.9 Å². The standard InChI is InChI=1S/C20H17N5O3/c1-12-7-8-14(9-13(12)2)25-19(22-23-24-25)11-21-20(27)18-10-16(26)15-5-3-4-6-17(15)28-18/h3-10H,11H2,1-2H3,(H,21,27). The van der Waals surface area contributed by atoms with Crippen molar-refractivity contribution in [1.29, 1.82) is 0 Å². The van der Waals surface area contributed by atoms with Gasteiger partial charge in [0.15, 0.2) is 17.0 Å². The second kappa shape index (κ2) is 7.07. The molecule has 8 heteroatoms. The lowest BCUT2D eigenvalue weighted by molar-refractivity contribution is 0.0922. The minimum Gasteiger partial charge on any atom is -0.451 e. The van der Waals surface area contributed by atoms with Crippen molar-refractivity contribution in [2.45, 2.75) is 20.4 Å². The third-order valence-electron chi connectivity index (χ3n) is 4.53. The molecule has 4 aromatic rings. The van der Waals surface area contributed by atoms with Crippen LogP contribution in [0, 0.1) is 13.8 Å². The van der Waals surface area contributed by atoms with E-state index in [1.165, 1.54) is 6.07 Å². The molecule has 2 aromatic heterocycles. The number of fused-ring (bicyclic) bond motifs is 1. The molecule has 0 unspecified atom stereocenters. The van der Waals surface area contributed by atoms with Gasteiger partial charge in [-0.15, -0.1) is 5.10 Å². The predicted molar refractivity (Wildman–Crippen MR) is 102 cm³/mol.